The van der Waals surface area contributed by atoms with Crippen molar-refractivity contribution in [1.82, 2.24) is 29.9 Å². The summed E-state index contributed by atoms with van der Waals surface area (Å²) in [5, 5.41) is 18.2. The number of aryl methyl sites for hydroxylation is 1. The third-order valence-electron chi connectivity index (χ3n) is 9.32. The highest BCUT2D eigenvalue weighted by atomic mass is 19.1. The van der Waals surface area contributed by atoms with Gasteiger partial charge in [0.2, 0.25) is 0 Å². The Hall–Kier alpha value is -4.70. The normalized spacial score (nSPS) is 19.0. The molecule has 12 nitrogen and oxygen atoms in total. The van der Waals surface area contributed by atoms with Crippen LogP contribution in [0.4, 0.5) is 15.0 Å². The summed E-state index contributed by atoms with van der Waals surface area (Å²) >= 11 is 0. The molecular formula is C37H49FN8O4. The van der Waals surface area contributed by atoms with Gasteiger partial charge in [-0.1, -0.05) is 26.7 Å². The molecular weight excluding hydrogens is 639 g/mol. The lowest BCUT2D eigenvalue weighted by Crippen LogP contribution is -2.46. The van der Waals surface area contributed by atoms with Crippen LogP contribution in [0.25, 0.3) is 11.1 Å². The van der Waals surface area contributed by atoms with Crippen molar-refractivity contribution >= 4 is 17.8 Å². The summed E-state index contributed by atoms with van der Waals surface area (Å²) in [6.07, 6.45) is 4.25. The number of likely N-dealkylation sites (tertiary alicyclic amines) is 1. The van der Waals surface area contributed by atoms with Crippen molar-refractivity contribution in [3.63, 3.8) is 0 Å². The number of ether oxygens (including phenoxy) is 2. The number of aromatic nitrogens is 3. The number of nitriles is 1. The first-order valence-electron chi connectivity index (χ1n) is 17.3. The van der Waals surface area contributed by atoms with Gasteiger partial charge in [0.15, 0.2) is 11.6 Å². The summed E-state index contributed by atoms with van der Waals surface area (Å²) < 4.78 is 27.6. The Bertz CT molecular complexity index is 1780. The van der Waals surface area contributed by atoms with E-state index in [2.05, 4.69) is 35.1 Å². The number of nitrogen functional groups attached to an aromatic ring is 1. The second-order valence-electron chi connectivity index (χ2n) is 15.1. The van der Waals surface area contributed by atoms with Gasteiger partial charge in [0.05, 0.1) is 18.3 Å². The van der Waals surface area contributed by atoms with Gasteiger partial charge in [0.25, 0.3) is 5.91 Å². The van der Waals surface area contributed by atoms with Crippen molar-refractivity contribution in [2.45, 2.75) is 98.1 Å². The van der Waals surface area contributed by atoms with Gasteiger partial charge in [-0.25, -0.2) is 14.2 Å². The third kappa shape index (κ3) is 8.35. The number of nitrogens with two attached hydrogens (primary N) is 1. The molecule has 0 radical (unpaired) electrons. The molecule has 2 aromatic heterocycles. The maximum Gasteiger partial charge on any atom is 0.407 e. The first kappa shape index (κ1) is 36.6. The highest BCUT2D eigenvalue weighted by Crippen LogP contribution is 2.36. The van der Waals surface area contributed by atoms with Crippen LogP contribution >= 0.6 is 0 Å². The number of hydrogen-bond acceptors (Lipinski definition) is 9. The Labute approximate surface area is 293 Å². The number of rotatable bonds is 8. The van der Waals surface area contributed by atoms with Gasteiger partial charge in [0, 0.05) is 55.1 Å². The maximum atomic E-state index is 14.3. The Morgan fingerprint density at radius 2 is 1.92 bits per heavy atom. The van der Waals surface area contributed by atoms with Crippen molar-refractivity contribution in [1.29, 1.82) is 5.26 Å². The zero-order chi connectivity index (χ0) is 36.4. The summed E-state index contributed by atoms with van der Waals surface area (Å²) in [7, 11) is 1.66. The van der Waals surface area contributed by atoms with Crippen LogP contribution in [0.15, 0.2) is 30.5 Å². The fraction of sp³-hybridized carbons (Fsp3) is 0.541. The molecule has 1 saturated heterocycles. The topological polar surface area (TPSA) is 152 Å². The van der Waals surface area contributed by atoms with Gasteiger partial charge in [0.1, 0.15) is 29.3 Å². The number of carbonyl (C=O) groups is 2. The molecule has 1 aromatic carbocycles. The number of nitrogens with zero attached hydrogens (tertiary/aromatic N) is 6. The minimum absolute atomic E-state index is 0.0118. The summed E-state index contributed by atoms with van der Waals surface area (Å²) in [4.78, 5) is 34.3. The molecule has 2 atom stereocenters. The molecule has 2 aliphatic heterocycles. The van der Waals surface area contributed by atoms with Crippen molar-refractivity contribution in [2.75, 3.05) is 32.4 Å². The standard InChI is InChI=1S/C37H49FN8O4/c1-23-27-17-25(38)12-13-26(27)34(47)44(7)20-28-32(24-16-30(49-23)33(40)41-19-24)29(18-39)46(43-28)15-11-9-8-10-14-45-21-31(37(5,6)22-45)42-35(48)50-36(2,3)4/h12-13,16-17,19,23,31H,8-11,14-15,20-22H2,1-7H3,(H2,40,41)(H,42,48)/t23-,31+/m1/s1. The van der Waals surface area contributed by atoms with E-state index in [1.807, 2.05) is 20.8 Å². The van der Waals surface area contributed by atoms with Gasteiger partial charge in [-0.05, 0) is 76.8 Å². The molecule has 13 heteroatoms. The second-order valence-corrected chi connectivity index (χ2v) is 15.1. The molecule has 0 unspecified atom stereocenters. The van der Waals surface area contributed by atoms with E-state index in [1.54, 1.807) is 30.9 Å². The number of nitrogens with one attached hydrogen (secondary N) is 1. The van der Waals surface area contributed by atoms with Crippen molar-refractivity contribution in [3.05, 3.63) is 58.8 Å². The average molecular weight is 689 g/mol. The minimum atomic E-state index is -0.707. The molecule has 5 rings (SSSR count). The minimum Gasteiger partial charge on any atom is -0.482 e. The molecule has 0 spiro atoms. The lowest BCUT2D eigenvalue weighted by molar-refractivity contribution is 0.0479. The van der Waals surface area contributed by atoms with E-state index in [9.17, 15) is 19.2 Å². The van der Waals surface area contributed by atoms with Gasteiger partial charge in [-0.3, -0.25) is 9.48 Å². The molecule has 2 aliphatic rings. The molecule has 4 heterocycles. The van der Waals surface area contributed by atoms with Gasteiger partial charge >= 0.3 is 6.09 Å². The number of halogens is 1. The van der Waals surface area contributed by atoms with E-state index in [-0.39, 0.29) is 41.6 Å². The average Bonchev–Trinajstić information content (AvgIpc) is 3.52. The van der Waals surface area contributed by atoms with Crippen molar-refractivity contribution in [2.24, 2.45) is 5.41 Å². The van der Waals surface area contributed by atoms with Gasteiger partial charge < -0.3 is 30.3 Å². The van der Waals surface area contributed by atoms with E-state index < -0.39 is 17.5 Å². The first-order valence-corrected chi connectivity index (χ1v) is 17.3. The van der Waals surface area contributed by atoms with Gasteiger partial charge in [-0.15, -0.1) is 0 Å². The molecule has 0 aliphatic carbocycles. The van der Waals surface area contributed by atoms with Crippen LogP contribution in [0.3, 0.4) is 0 Å². The summed E-state index contributed by atoms with van der Waals surface area (Å²) in [6.45, 7) is 14.9. The van der Waals surface area contributed by atoms with Crippen LogP contribution in [0, 0.1) is 22.6 Å². The maximum absolute atomic E-state index is 14.3. The molecule has 50 heavy (non-hydrogen) atoms. The third-order valence-corrected chi connectivity index (χ3v) is 9.32. The lowest BCUT2D eigenvalue weighted by Gasteiger charge is -2.28. The Kier molecular flexibility index (Phi) is 10.7. The predicted molar refractivity (Wildman–Crippen MR) is 188 cm³/mol. The number of amides is 2. The Balaban J connectivity index is 1.26. The van der Waals surface area contributed by atoms with Crippen LogP contribution in [-0.4, -0.2) is 74.9 Å². The fourth-order valence-electron chi connectivity index (χ4n) is 6.78. The summed E-state index contributed by atoms with van der Waals surface area (Å²) in [5.74, 6) is -0.401. The smallest absolute Gasteiger partial charge is 0.407 e. The van der Waals surface area contributed by atoms with E-state index in [0.29, 0.717) is 40.2 Å². The van der Waals surface area contributed by atoms with Crippen molar-refractivity contribution < 1.29 is 23.5 Å². The summed E-state index contributed by atoms with van der Waals surface area (Å²) in [6, 6.07) is 8.07. The number of hydrogen-bond donors (Lipinski definition) is 2. The number of fused-ring (bicyclic) bond motifs is 5. The molecule has 1 fully saturated rings. The highest BCUT2D eigenvalue weighted by Gasteiger charge is 2.40. The Morgan fingerprint density at radius 3 is 2.62 bits per heavy atom. The number of unbranched alkanes of at least 4 members (excludes halogenated alkanes) is 3. The van der Waals surface area contributed by atoms with Crippen LogP contribution in [0.5, 0.6) is 5.75 Å². The molecule has 2 amide bonds. The number of anilines is 1. The van der Waals surface area contributed by atoms with Crippen molar-refractivity contribution in [3.8, 4) is 22.9 Å². The zero-order valence-corrected chi connectivity index (χ0v) is 30.2. The number of alkyl carbamates (subject to hydrolysis) is 1. The van der Waals surface area contributed by atoms with E-state index in [4.69, 9.17) is 20.3 Å². The highest BCUT2D eigenvalue weighted by molar-refractivity contribution is 5.96. The molecule has 0 saturated carbocycles. The largest absolute Gasteiger partial charge is 0.482 e. The summed E-state index contributed by atoms with van der Waals surface area (Å²) in [5.41, 5.74) is 8.34. The predicted octanol–water partition coefficient (Wildman–Crippen LogP) is 6.06. The first-order chi connectivity index (χ1) is 23.6. The SMILES string of the molecule is C[C@H]1Oc2cc(cnc2N)-c2c(nn(CCCCCCN3C[C@H](NC(=O)OC(C)(C)C)C(C)(C)C3)c2C#N)CN(C)C(=O)c2ccc(F)cc21. The van der Waals surface area contributed by atoms with Crippen LogP contribution in [0.1, 0.15) is 101 Å². The molecule has 2 bridgehead atoms. The van der Waals surface area contributed by atoms with Gasteiger partial charge in [-0.2, -0.15) is 10.4 Å². The number of pyridine rings is 1. The zero-order valence-electron chi connectivity index (χ0n) is 30.2. The van der Waals surface area contributed by atoms with Crippen LogP contribution in [0.2, 0.25) is 0 Å². The number of benzene rings is 1. The lowest BCUT2D eigenvalue weighted by atomic mass is 9.88. The Morgan fingerprint density at radius 1 is 1.20 bits per heavy atom. The molecule has 3 N–H and O–H groups in total. The quantitative estimate of drug-likeness (QED) is 0.269. The van der Waals surface area contributed by atoms with E-state index >= 15 is 0 Å². The van der Waals surface area contributed by atoms with E-state index in [1.165, 1.54) is 23.1 Å². The number of carbonyl (C=O) groups excluding carboxylic acids is 2. The van der Waals surface area contributed by atoms with Crippen LogP contribution < -0.4 is 15.8 Å². The fourth-order valence-corrected chi connectivity index (χ4v) is 6.78. The molecule has 268 valence electrons. The van der Waals surface area contributed by atoms with Crippen LogP contribution in [-0.2, 0) is 17.8 Å². The monoisotopic (exact) mass is 688 g/mol. The van der Waals surface area contributed by atoms with E-state index in [0.717, 1.165) is 45.3 Å². The second kappa shape index (κ2) is 14.6. The molecule has 3 aromatic rings.